The average Bonchev–Trinajstić information content (AvgIpc) is 2.80. The van der Waals surface area contributed by atoms with Crippen molar-refractivity contribution in [1.29, 1.82) is 0 Å². The minimum absolute atomic E-state index is 0.0364. The van der Waals surface area contributed by atoms with E-state index in [1.165, 1.54) is 24.5 Å². The van der Waals surface area contributed by atoms with Crippen molar-refractivity contribution in [2.24, 2.45) is 0 Å². The normalized spacial score (nSPS) is 10.9. The molecule has 0 aliphatic rings. The number of halogens is 2. The number of imidazole rings is 1. The summed E-state index contributed by atoms with van der Waals surface area (Å²) < 4.78 is 18.7. The van der Waals surface area contributed by atoms with E-state index in [0.29, 0.717) is 22.5 Å². The topological polar surface area (TPSA) is 63.7 Å². The van der Waals surface area contributed by atoms with Crippen molar-refractivity contribution in [3.8, 4) is 11.6 Å². The van der Waals surface area contributed by atoms with Crippen LogP contribution in [-0.4, -0.2) is 19.9 Å². The molecule has 0 spiro atoms. The highest BCUT2D eigenvalue weighted by Crippen LogP contribution is 2.28. The van der Waals surface area contributed by atoms with Gasteiger partial charge in [-0.1, -0.05) is 0 Å². The molecular formula is C12H8ClFN4O. The molecule has 0 saturated carbocycles. The van der Waals surface area contributed by atoms with Crippen LogP contribution in [-0.2, 0) is 0 Å². The number of aryl methyl sites for hydroxylation is 1. The van der Waals surface area contributed by atoms with Gasteiger partial charge in [0, 0.05) is 0 Å². The molecule has 0 fully saturated rings. The van der Waals surface area contributed by atoms with Gasteiger partial charge in [0.05, 0.1) is 6.33 Å². The van der Waals surface area contributed by atoms with Crippen molar-refractivity contribution in [2.75, 3.05) is 0 Å². The Kier molecular flexibility index (Phi) is 2.79. The van der Waals surface area contributed by atoms with Gasteiger partial charge in [-0.05, 0) is 42.3 Å². The number of nitrogens with one attached hydrogen (secondary N) is 1. The van der Waals surface area contributed by atoms with Crippen molar-refractivity contribution in [2.45, 2.75) is 6.92 Å². The number of benzene rings is 1. The Bertz CT molecular complexity index is 759. The number of rotatable bonds is 2. The van der Waals surface area contributed by atoms with E-state index < -0.39 is 0 Å². The van der Waals surface area contributed by atoms with E-state index in [-0.39, 0.29) is 17.0 Å². The first-order chi connectivity index (χ1) is 9.13. The van der Waals surface area contributed by atoms with Crippen LogP contribution in [0.4, 0.5) is 4.39 Å². The van der Waals surface area contributed by atoms with E-state index in [1.807, 2.05) is 0 Å². The number of aromatic amines is 1. The number of fused-ring (bicyclic) bond motifs is 1. The fraction of sp³-hybridized carbons (Fsp3) is 0.0833. The molecule has 0 aliphatic carbocycles. The summed E-state index contributed by atoms with van der Waals surface area (Å²) in [6, 6.07) is 4.22. The molecule has 3 rings (SSSR count). The van der Waals surface area contributed by atoms with Crippen molar-refractivity contribution < 1.29 is 9.13 Å². The van der Waals surface area contributed by atoms with E-state index in [4.69, 9.17) is 16.3 Å². The fourth-order valence-electron chi connectivity index (χ4n) is 1.69. The van der Waals surface area contributed by atoms with Gasteiger partial charge < -0.3 is 9.72 Å². The van der Waals surface area contributed by atoms with Gasteiger partial charge in [0.1, 0.15) is 17.1 Å². The Labute approximate surface area is 112 Å². The summed E-state index contributed by atoms with van der Waals surface area (Å²) in [5.74, 6) is 0.423. The molecule has 5 nitrogen and oxygen atoms in total. The van der Waals surface area contributed by atoms with Crippen LogP contribution < -0.4 is 4.74 Å². The van der Waals surface area contributed by atoms with Gasteiger partial charge in [0.25, 0.3) is 0 Å². The Hall–Kier alpha value is -2.21. The molecule has 0 radical (unpaired) electrons. The van der Waals surface area contributed by atoms with Crippen LogP contribution in [0.15, 0.2) is 24.5 Å². The summed E-state index contributed by atoms with van der Waals surface area (Å²) in [5, 5.41) is 0.0364. The second kappa shape index (κ2) is 4.47. The molecule has 2 heterocycles. The van der Waals surface area contributed by atoms with E-state index in [2.05, 4.69) is 19.9 Å². The number of hydrogen-bond donors (Lipinski definition) is 1. The van der Waals surface area contributed by atoms with Gasteiger partial charge in [-0.2, -0.15) is 9.97 Å². The summed E-state index contributed by atoms with van der Waals surface area (Å²) in [7, 11) is 0. The largest absolute Gasteiger partial charge is 0.437 e. The highest BCUT2D eigenvalue weighted by Gasteiger charge is 2.12. The molecule has 19 heavy (non-hydrogen) atoms. The molecule has 7 heteroatoms. The van der Waals surface area contributed by atoms with Crippen molar-refractivity contribution in [3.05, 3.63) is 41.2 Å². The van der Waals surface area contributed by atoms with Gasteiger partial charge in [-0.3, -0.25) is 0 Å². The van der Waals surface area contributed by atoms with Crippen LogP contribution in [0.2, 0.25) is 5.28 Å². The minimum atomic E-state index is -0.322. The van der Waals surface area contributed by atoms with Crippen LogP contribution >= 0.6 is 11.6 Å². The molecular weight excluding hydrogens is 271 g/mol. The maximum Gasteiger partial charge on any atom is 0.250 e. The lowest BCUT2D eigenvalue weighted by atomic mass is 10.2. The molecule has 96 valence electrons. The zero-order chi connectivity index (χ0) is 13.4. The van der Waals surface area contributed by atoms with Gasteiger partial charge in [-0.15, -0.1) is 0 Å². The van der Waals surface area contributed by atoms with Crippen molar-refractivity contribution >= 4 is 22.8 Å². The monoisotopic (exact) mass is 278 g/mol. The predicted octanol–water partition coefficient (Wildman–Crippen LogP) is 3.25. The van der Waals surface area contributed by atoms with E-state index in [9.17, 15) is 4.39 Å². The first-order valence-electron chi connectivity index (χ1n) is 5.44. The Balaban J connectivity index is 2.07. The predicted molar refractivity (Wildman–Crippen MR) is 67.9 cm³/mol. The van der Waals surface area contributed by atoms with Gasteiger partial charge in [0.2, 0.25) is 11.2 Å². The second-order valence-corrected chi connectivity index (χ2v) is 4.25. The molecule has 2 aromatic heterocycles. The molecule has 0 amide bonds. The third-order valence-electron chi connectivity index (χ3n) is 2.57. The fourth-order valence-corrected chi connectivity index (χ4v) is 1.84. The smallest absolute Gasteiger partial charge is 0.250 e. The molecule has 0 saturated heterocycles. The van der Waals surface area contributed by atoms with Crippen molar-refractivity contribution in [3.63, 3.8) is 0 Å². The number of hydrogen-bond acceptors (Lipinski definition) is 4. The standard InChI is InChI=1S/C12H8ClFN4O/c1-6-4-7(14)2-3-8(6)19-11-9-10(16-5-15-9)17-12(13)18-11/h2-5H,1H3,(H,15,16,17,18). The van der Waals surface area contributed by atoms with Crippen LogP contribution in [0.1, 0.15) is 5.56 Å². The third-order valence-corrected chi connectivity index (χ3v) is 2.74. The highest BCUT2D eigenvalue weighted by atomic mass is 35.5. The summed E-state index contributed by atoms with van der Waals surface area (Å²) in [4.78, 5) is 14.8. The molecule has 0 bridgehead atoms. The zero-order valence-electron chi connectivity index (χ0n) is 9.82. The number of ether oxygens (including phenoxy) is 1. The SMILES string of the molecule is Cc1cc(F)ccc1Oc1nc(Cl)nc2nc[nH]c12. The molecule has 1 aromatic carbocycles. The third kappa shape index (κ3) is 2.22. The Morgan fingerprint density at radius 2 is 2.16 bits per heavy atom. The van der Waals surface area contributed by atoms with Crippen LogP contribution in [0.5, 0.6) is 11.6 Å². The van der Waals surface area contributed by atoms with E-state index in [0.717, 1.165) is 0 Å². The maximum absolute atomic E-state index is 13.0. The lowest BCUT2D eigenvalue weighted by molar-refractivity contribution is 0.461. The lowest BCUT2D eigenvalue weighted by Gasteiger charge is -2.08. The van der Waals surface area contributed by atoms with Crippen LogP contribution in [0.25, 0.3) is 11.2 Å². The lowest BCUT2D eigenvalue weighted by Crippen LogP contribution is -1.94. The number of aromatic nitrogens is 4. The summed E-state index contributed by atoms with van der Waals surface area (Å²) >= 11 is 5.80. The first-order valence-corrected chi connectivity index (χ1v) is 5.82. The van der Waals surface area contributed by atoms with E-state index >= 15 is 0 Å². The quantitative estimate of drug-likeness (QED) is 0.731. The van der Waals surface area contributed by atoms with Crippen molar-refractivity contribution in [1.82, 2.24) is 19.9 Å². The number of H-pyrrole nitrogens is 1. The average molecular weight is 279 g/mol. The summed E-state index contributed by atoms with van der Waals surface area (Å²) in [5.41, 5.74) is 1.60. The second-order valence-electron chi connectivity index (χ2n) is 3.91. The maximum atomic E-state index is 13.0. The molecule has 3 aromatic rings. The molecule has 1 N–H and O–H groups in total. The summed E-state index contributed by atoms with van der Waals surface area (Å²) in [6.07, 6.45) is 1.47. The van der Waals surface area contributed by atoms with Crippen LogP contribution in [0.3, 0.4) is 0 Å². The van der Waals surface area contributed by atoms with Gasteiger partial charge in [0.15, 0.2) is 5.65 Å². The van der Waals surface area contributed by atoms with E-state index in [1.54, 1.807) is 6.92 Å². The Morgan fingerprint density at radius 1 is 1.32 bits per heavy atom. The molecule has 0 unspecified atom stereocenters. The zero-order valence-corrected chi connectivity index (χ0v) is 10.6. The summed E-state index contributed by atoms with van der Waals surface area (Å²) in [6.45, 7) is 1.74. The highest BCUT2D eigenvalue weighted by molar-refractivity contribution is 6.28. The van der Waals surface area contributed by atoms with Crippen LogP contribution in [0, 0.1) is 12.7 Å². The Morgan fingerprint density at radius 3 is 2.95 bits per heavy atom. The number of nitrogens with zero attached hydrogens (tertiary/aromatic N) is 3. The molecule has 0 aliphatic heterocycles. The van der Waals surface area contributed by atoms with Gasteiger partial charge >= 0.3 is 0 Å². The minimum Gasteiger partial charge on any atom is -0.437 e. The first kappa shape index (κ1) is 11.9. The molecule has 0 atom stereocenters. The van der Waals surface area contributed by atoms with Gasteiger partial charge in [-0.25, -0.2) is 9.37 Å².